The van der Waals surface area contributed by atoms with Gasteiger partial charge in [-0.1, -0.05) is 6.07 Å². The van der Waals surface area contributed by atoms with Crippen molar-refractivity contribution in [2.45, 2.75) is 0 Å². The predicted octanol–water partition coefficient (Wildman–Crippen LogP) is 4.17. The van der Waals surface area contributed by atoms with Gasteiger partial charge in [0.1, 0.15) is 18.1 Å². The van der Waals surface area contributed by atoms with Crippen LogP contribution in [0.1, 0.15) is 5.56 Å². The average Bonchev–Trinajstić information content (AvgIpc) is 2.94. The molecule has 1 heterocycles. The summed E-state index contributed by atoms with van der Waals surface area (Å²) in [5.41, 5.74) is 0.822. The first kappa shape index (κ1) is 24.4. The predicted molar refractivity (Wildman–Crippen MR) is 133 cm³/mol. The van der Waals surface area contributed by atoms with Crippen LogP contribution in [0.25, 0.3) is 6.08 Å². The topological polar surface area (TPSA) is 113 Å². The molecule has 0 saturated carbocycles. The van der Waals surface area contributed by atoms with E-state index in [1.807, 2.05) is 45.2 Å². The molecule has 32 heavy (non-hydrogen) atoms. The first-order chi connectivity index (χ1) is 15.1. The standard InChI is InChI=1S/C20H13FI2N2O6S/c21-11-2-1-3-12(7-11)24-16(26)8-25-19(29)15(32-20(25)30)6-10-4-13(22)18(14(23)5-10)31-9-17(27)28/h1-7H,8-9H2,(H,24,26)(H,27,28)/b15-6+. The second-order valence-electron chi connectivity index (χ2n) is 6.32. The summed E-state index contributed by atoms with van der Waals surface area (Å²) in [6.45, 7) is -0.989. The second-order valence-corrected chi connectivity index (χ2v) is 9.64. The summed E-state index contributed by atoms with van der Waals surface area (Å²) in [5, 5.41) is 10.6. The lowest BCUT2D eigenvalue weighted by atomic mass is 10.2. The molecule has 1 aliphatic heterocycles. The van der Waals surface area contributed by atoms with Crippen LogP contribution in [-0.2, 0) is 14.4 Å². The Bertz CT molecular complexity index is 1130. The van der Waals surface area contributed by atoms with Crippen LogP contribution in [0.3, 0.4) is 0 Å². The maximum atomic E-state index is 13.2. The molecule has 3 amide bonds. The minimum Gasteiger partial charge on any atom is -0.480 e. The van der Waals surface area contributed by atoms with E-state index in [1.165, 1.54) is 24.3 Å². The molecular formula is C20H13FI2N2O6S. The summed E-state index contributed by atoms with van der Waals surface area (Å²) in [6, 6.07) is 8.63. The van der Waals surface area contributed by atoms with E-state index in [-0.39, 0.29) is 10.6 Å². The molecule has 3 rings (SSSR count). The second kappa shape index (κ2) is 10.6. The number of carboxylic acid groups (broad SMARTS) is 1. The molecular weight excluding hydrogens is 669 g/mol. The minimum absolute atomic E-state index is 0.138. The van der Waals surface area contributed by atoms with Crippen LogP contribution in [0.4, 0.5) is 14.9 Å². The third-order valence-corrected chi connectivity index (χ3v) is 6.45. The van der Waals surface area contributed by atoms with Gasteiger partial charge in [-0.05, 0) is 98.9 Å². The van der Waals surface area contributed by atoms with Gasteiger partial charge >= 0.3 is 5.97 Å². The highest BCUT2D eigenvalue weighted by Gasteiger charge is 2.36. The Kier molecular flexibility index (Phi) is 8.10. The van der Waals surface area contributed by atoms with Crippen molar-refractivity contribution in [1.82, 2.24) is 4.90 Å². The first-order valence-electron chi connectivity index (χ1n) is 8.78. The van der Waals surface area contributed by atoms with Crippen LogP contribution in [0.15, 0.2) is 41.3 Å². The van der Waals surface area contributed by atoms with E-state index < -0.39 is 42.0 Å². The quantitative estimate of drug-likeness (QED) is 0.333. The number of amides is 3. The average molecular weight is 682 g/mol. The van der Waals surface area contributed by atoms with Gasteiger partial charge in [0.15, 0.2) is 6.61 Å². The number of carboxylic acids is 1. The smallest absolute Gasteiger partial charge is 0.341 e. The van der Waals surface area contributed by atoms with Crippen LogP contribution in [0, 0.1) is 13.0 Å². The number of imide groups is 1. The zero-order chi connectivity index (χ0) is 23.4. The Morgan fingerprint density at radius 3 is 2.50 bits per heavy atom. The lowest BCUT2D eigenvalue weighted by Gasteiger charge is -2.12. The van der Waals surface area contributed by atoms with Crippen molar-refractivity contribution in [2.75, 3.05) is 18.5 Å². The van der Waals surface area contributed by atoms with E-state index in [0.717, 1.165) is 11.0 Å². The summed E-state index contributed by atoms with van der Waals surface area (Å²) in [5.74, 6) is -2.47. The molecule has 0 radical (unpaired) electrons. The Morgan fingerprint density at radius 2 is 1.88 bits per heavy atom. The zero-order valence-electron chi connectivity index (χ0n) is 15.9. The van der Waals surface area contributed by atoms with Crippen molar-refractivity contribution in [3.63, 3.8) is 0 Å². The highest BCUT2D eigenvalue weighted by molar-refractivity contribution is 14.1. The van der Waals surface area contributed by atoms with Gasteiger partial charge in [-0.2, -0.15) is 0 Å². The fraction of sp³-hybridized carbons (Fsp3) is 0.100. The molecule has 0 aromatic heterocycles. The maximum Gasteiger partial charge on any atom is 0.341 e. The maximum absolute atomic E-state index is 13.2. The largest absolute Gasteiger partial charge is 0.480 e. The van der Waals surface area contributed by atoms with Gasteiger partial charge in [0.05, 0.1) is 12.0 Å². The van der Waals surface area contributed by atoms with E-state index in [1.54, 1.807) is 12.1 Å². The number of thioether (sulfide) groups is 1. The van der Waals surface area contributed by atoms with Gasteiger partial charge in [0.2, 0.25) is 5.91 Å². The third kappa shape index (κ3) is 6.19. The number of benzene rings is 2. The Labute approximate surface area is 212 Å². The molecule has 12 heteroatoms. The van der Waals surface area contributed by atoms with Crippen LogP contribution in [-0.4, -0.2) is 46.2 Å². The number of rotatable bonds is 7. The number of anilines is 1. The summed E-state index contributed by atoms with van der Waals surface area (Å²) < 4.78 is 19.8. The fourth-order valence-electron chi connectivity index (χ4n) is 2.63. The molecule has 2 aromatic rings. The molecule has 1 saturated heterocycles. The van der Waals surface area contributed by atoms with E-state index in [9.17, 15) is 23.6 Å². The van der Waals surface area contributed by atoms with Crippen molar-refractivity contribution in [2.24, 2.45) is 0 Å². The molecule has 0 atom stereocenters. The summed E-state index contributed by atoms with van der Waals surface area (Å²) in [7, 11) is 0. The SMILES string of the molecule is O=C(O)COc1c(I)cc(/C=C2/SC(=O)N(CC(=O)Nc3cccc(F)c3)C2=O)cc1I. The third-order valence-electron chi connectivity index (χ3n) is 3.94. The normalized spacial score (nSPS) is 14.7. The van der Waals surface area contributed by atoms with Crippen molar-refractivity contribution in [3.8, 4) is 5.75 Å². The van der Waals surface area contributed by atoms with E-state index in [4.69, 9.17) is 9.84 Å². The van der Waals surface area contributed by atoms with Crippen molar-refractivity contribution in [1.29, 1.82) is 0 Å². The summed E-state index contributed by atoms with van der Waals surface area (Å²) in [6.07, 6.45) is 1.51. The van der Waals surface area contributed by atoms with Crippen LogP contribution < -0.4 is 10.1 Å². The van der Waals surface area contributed by atoms with Crippen molar-refractivity contribution in [3.05, 3.63) is 59.8 Å². The number of hydrogen-bond donors (Lipinski definition) is 2. The number of halogens is 3. The van der Waals surface area contributed by atoms with Crippen LogP contribution >= 0.6 is 56.9 Å². The van der Waals surface area contributed by atoms with Gasteiger partial charge in [-0.3, -0.25) is 19.3 Å². The molecule has 166 valence electrons. The molecule has 2 N–H and O–H groups in total. The van der Waals surface area contributed by atoms with Crippen molar-refractivity contribution >= 4 is 91.7 Å². The fourth-order valence-corrected chi connectivity index (χ4v) is 5.60. The number of ether oxygens (including phenoxy) is 1. The van der Waals surface area contributed by atoms with Gasteiger partial charge in [0, 0.05) is 5.69 Å². The zero-order valence-corrected chi connectivity index (χ0v) is 21.1. The number of hydrogen-bond acceptors (Lipinski definition) is 6. The Hall–Kier alpha value is -2.20. The highest BCUT2D eigenvalue weighted by atomic mass is 127. The lowest BCUT2D eigenvalue weighted by Crippen LogP contribution is -2.36. The number of aliphatic carboxylic acids is 1. The van der Waals surface area contributed by atoms with Gasteiger partial charge in [-0.15, -0.1) is 0 Å². The highest BCUT2D eigenvalue weighted by Crippen LogP contribution is 2.34. The molecule has 1 fully saturated rings. The van der Waals surface area contributed by atoms with E-state index >= 15 is 0 Å². The summed E-state index contributed by atoms with van der Waals surface area (Å²) in [4.78, 5) is 48.8. The van der Waals surface area contributed by atoms with Crippen LogP contribution in [0.5, 0.6) is 5.75 Å². The van der Waals surface area contributed by atoms with Gasteiger partial charge in [-0.25, -0.2) is 9.18 Å². The molecule has 0 spiro atoms. The molecule has 2 aromatic carbocycles. The van der Waals surface area contributed by atoms with Gasteiger partial charge in [0.25, 0.3) is 11.1 Å². The van der Waals surface area contributed by atoms with E-state index in [2.05, 4.69) is 5.32 Å². The molecule has 0 aliphatic carbocycles. The Morgan fingerprint density at radius 1 is 1.19 bits per heavy atom. The van der Waals surface area contributed by atoms with Crippen LogP contribution in [0.2, 0.25) is 0 Å². The number of carbonyl (C=O) groups is 4. The number of nitrogens with zero attached hydrogens (tertiary/aromatic N) is 1. The number of nitrogens with one attached hydrogen (secondary N) is 1. The molecule has 8 nitrogen and oxygen atoms in total. The monoisotopic (exact) mass is 682 g/mol. The molecule has 0 bridgehead atoms. The first-order valence-corrected chi connectivity index (χ1v) is 11.8. The molecule has 1 aliphatic rings. The van der Waals surface area contributed by atoms with E-state index in [0.29, 0.717) is 30.2 Å². The van der Waals surface area contributed by atoms with Crippen molar-refractivity contribution < 1.29 is 33.4 Å². The minimum atomic E-state index is -1.10. The molecule has 0 unspecified atom stereocenters. The lowest BCUT2D eigenvalue weighted by molar-refractivity contribution is -0.139. The Balaban J connectivity index is 1.72. The van der Waals surface area contributed by atoms with Gasteiger partial charge < -0.3 is 15.2 Å². The summed E-state index contributed by atoms with van der Waals surface area (Å²) >= 11 is 4.68. The number of carbonyl (C=O) groups excluding carboxylic acids is 3.